The number of rotatable bonds is 7. The second-order valence-electron chi connectivity index (χ2n) is 7.09. The Hall–Kier alpha value is -3.16. The molecule has 1 aromatic carbocycles. The van der Waals surface area contributed by atoms with Crippen molar-refractivity contribution in [1.29, 1.82) is 0 Å². The summed E-state index contributed by atoms with van der Waals surface area (Å²) in [7, 11) is 0. The van der Waals surface area contributed by atoms with Crippen molar-refractivity contribution in [2.45, 2.75) is 19.8 Å². The van der Waals surface area contributed by atoms with Gasteiger partial charge in [-0.15, -0.1) is 0 Å². The number of benzene rings is 1. The van der Waals surface area contributed by atoms with Crippen LogP contribution in [-0.4, -0.2) is 66.1 Å². The quantitative estimate of drug-likeness (QED) is 0.658. The predicted octanol–water partition coefficient (Wildman–Crippen LogP) is 1.87. The lowest BCUT2D eigenvalue weighted by Crippen LogP contribution is -2.50. The predicted molar refractivity (Wildman–Crippen MR) is 108 cm³/mol. The number of carbonyl (C=O) groups excluding carboxylic acids is 2. The average molecular weight is 398 g/mol. The maximum Gasteiger partial charge on any atom is 0.344 e. The molecule has 1 aromatic heterocycles. The van der Waals surface area contributed by atoms with Crippen LogP contribution in [0, 0.1) is 0 Å². The zero-order chi connectivity index (χ0) is 20.6. The Morgan fingerprint density at radius 2 is 1.66 bits per heavy atom. The molecule has 0 N–H and O–H groups in total. The lowest BCUT2D eigenvalue weighted by atomic mass is 10.0. The van der Waals surface area contributed by atoms with Gasteiger partial charge < -0.3 is 19.3 Å². The van der Waals surface area contributed by atoms with Crippen LogP contribution < -0.4 is 9.64 Å². The van der Waals surface area contributed by atoms with Crippen LogP contribution in [0.2, 0.25) is 0 Å². The molecule has 8 nitrogen and oxygen atoms in total. The molecule has 0 atom stereocenters. The zero-order valence-corrected chi connectivity index (χ0v) is 16.8. The molecule has 0 saturated carbocycles. The van der Waals surface area contributed by atoms with Crippen molar-refractivity contribution in [3.05, 3.63) is 48.3 Å². The fourth-order valence-corrected chi connectivity index (χ4v) is 2.98. The van der Waals surface area contributed by atoms with Crippen molar-refractivity contribution in [2.24, 2.45) is 0 Å². The van der Waals surface area contributed by atoms with E-state index in [9.17, 15) is 9.59 Å². The van der Waals surface area contributed by atoms with Gasteiger partial charge in [0.25, 0.3) is 5.91 Å². The van der Waals surface area contributed by atoms with E-state index < -0.39 is 5.97 Å². The Kier molecular flexibility index (Phi) is 6.99. The van der Waals surface area contributed by atoms with Gasteiger partial charge in [-0.25, -0.2) is 14.8 Å². The maximum atomic E-state index is 12.3. The van der Waals surface area contributed by atoms with Gasteiger partial charge in [0, 0.05) is 38.6 Å². The summed E-state index contributed by atoms with van der Waals surface area (Å²) in [4.78, 5) is 36.3. The van der Waals surface area contributed by atoms with E-state index in [0.717, 1.165) is 0 Å². The van der Waals surface area contributed by atoms with Gasteiger partial charge in [0.15, 0.2) is 13.2 Å². The zero-order valence-electron chi connectivity index (χ0n) is 16.8. The SMILES string of the molecule is CC(C)c1ccc(OCC(=O)OCC(=O)N2CCN(c3ncccn3)CC2)cc1. The second-order valence-corrected chi connectivity index (χ2v) is 7.09. The molecule has 2 aromatic rings. The first kappa shape index (κ1) is 20.6. The van der Waals surface area contributed by atoms with Crippen molar-refractivity contribution in [1.82, 2.24) is 14.9 Å². The van der Waals surface area contributed by atoms with Crippen molar-refractivity contribution >= 4 is 17.8 Å². The van der Waals surface area contributed by atoms with Gasteiger partial charge in [0.05, 0.1) is 0 Å². The number of ether oxygens (including phenoxy) is 2. The van der Waals surface area contributed by atoms with Crippen molar-refractivity contribution in [3.8, 4) is 5.75 Å². The number of piperazine rings is 1. The Bertz CT molecular complexity index is 803. The summed E-state index contributed by atoms with van der Waals surface area (Å²) >= 11 is 0. The fourth-order valence-electron chi connectivity index (χ4n) is 2.98. The summed E-state index contributed by atoms with van der Waals surface area (Å²) < 4.78 is 10.5. The molecule has 8 heteroatoms. The molecule has 0 bridgehead atoms. The number of hydrogen-bond acceptors (Lipinski definition) is 7. The van der Waals surface area contributed by atoms with E-state index in [0.29, 0.717) is 43.8 Å². The van der Waals surface area contributed by atoms with Crippen molar-refractivity contribution in [3.63, 3.8) is 0 Å². The number of aromatic nitrogens is 2. The smallest absolute Gasteiger partial charge is 0.344 e. The standard InChI is InChI=1S/C21H26N4O4/c1-16(2)17-4-6-18(7-5-17)28-15-20(27)29-14-19(26)24-10-12-25(13-11-24)21-22-8-3-9-23-21/h3-9,16H,10-15H2,1-2H3. The molecule has 1 aliphatic rings. The second kappa shape index (κ2) is 9.86. The van der Waals surface area contributed by atoms with Crippen LogP contribution in [0.1, 0.15) is 25.3 Å². The highest BCUT2D eigenvalue weighted by Crippen LogP contribution is 2.18. The minimum Gasteiger partial charge on any atom is -0.482 e. The number of nitrogens with zero attached hydrogens (tertiary/aromatic N) is 4. The molecular weight excluding hydrogens is 372 g/mol. The topological polar surface area (TPSA) is 84.9 Å². The Labute approximate surface area is 170 Å². The summed E-state index contributed by atoms with van der Waals surface area (Å²) in [6.45, 7) is 6.06. The van der Waals surface area contributed by atoms with Crippen LogP contribution in [-0.2, 0) is 14.3 Å². The van der Waals surface area contributed by atoms with E-state index in [4.69, 9.17) is 9.47 Å². The highest BCUT2D eigenvalue weighted by atomic mass is 16.6. The minimum absolute atomic E-state index is 0.215. The summed E-state index contributed by atoms with van der Waals surface area (Å²) in [5, 5.41) is 0. The Morgan fingerprint density at radius 3 is 2.28 bits per heavy atom. The van der Waals surface area contributed by atoms with Crippen molar-refractivity contribution in [2.75, 3.05) is 44.3 Å². The normalized spacial score (nSPS) is 14.0. The monoisotopic (exact) mass is 398 g/mol. The third-order valence-corrected chi connectivity index (χ3v) is 4.73. The molecule has 3 rings (SSSR count). The molecule has 2 heterocycles. The molecule has 154 valence electrons. The molecule has 1 saturated heterocycles. The fraction of sp³-hybridized carbons (Fsp3) is 0.429. The molecule has 0 aliphatic carbocycles. The molecule has 1 aliphatic heterocycles. The van der Waals surface area contributed by atoms with E-state index >= 15 is 0 Å². The highest BCUT2D eigenvalue weighted by Gasteiger charge is 2.23. The van der Waals surface area contributed by atoms with E-state index in [1.54, 1.807) is 23.4 Å². The summed E-state index contributed by atoms with van der Waals surface area (Å²) in [5.41, 5.74) is 1.20. The van der Waals surface area contributed by atoms with E-state index in [2.05, 4.69) is 23.8 Å². The number of anilines is 1. The van der Waals surface area contributed by atoms with Gasteiger partial charge in [-0.3, -0.25) is 4.79 Å². The molecular formula is C21H26N4O4. The van der Waals surface area contributed by atoms with Gasteiger partial charge >= 0.3 is 5.97 Å². The third kappa shape index (κ3) is 5.91. The van der Waals surface area contributed by atoms with Gasteiger partial charge in [-0.05, 0) is 29.7 Å². The van der Waals surface area contributed by atoms with Crippen LogP contribution in [0.3, 0.4) is 0 Å². The molecule has 1 amide bonds. The maximum absolute atomic E-state index is 12.3. The molecule has 29 heavy (non-hydrogen) atoms. The molecule has 0 unspecified atom stereocenters. The molecule has 0 radical (unpaired) electrons. The molecule has 0 spiro atoms. The number of carbonyl (C=O) groups is 2. The van der Waals surface area contributed by atoms with Crippen LogP contribution >= 0.6 is 0 Å². The van der Waals surface area contributed by atoms with Crippen molar-refractivity contribution < 1.29 is 19.1 Å². The van der Waals surface area contributed by atoms with Crippen LogP contribution in [0.15, 0.2) is 42.7 Å². The molecule has 1 fully saturated rings. The Morgan fingerprint density at radius 1 is 1.00 bits per heavy atom. The van der Waals surface area contributed by atoms with E-state index in [1.165, 1.54) is 5.56 Å². The first-order valence-electron chi connectivity index (χ1n) is 9.71. The first-order valence-corrected chi connectivity index (χ1v) is 9.71. The lowest BCUT2D eigenvalue weighted by Gasteiger charge is -2.34. The number of amides is 1. The minimum atomic E-state index is -0.567. The van der Waals surface area contributed by atoms with E-state index in [-0.39, 0.29) is 19.1 Å². The summed E-state index contributed by atoms with van der Waals surface area (Å²) in [5.74, 6) is 0.902. The van der Waals surface area contributed by atoms with Gasteiger partial charge in [0.1, 0.15) is 5.75 Å². The third-order valence-electron chi connectivity index (χ3n) is 4.73. The van der Waals surface area contributed by atoms with E-state index in [1.807, 2.05) is 29.2 Å². The van der Waals surface area contributed by atoms with Gasteiger partial charge in [0.2, 0.25) is 5.95 Å². The lowest BCUT2D eigenvalue weighted by molar-refractivity contribution is -0.153. The number of esters is 1. The summed E-state index contributed by atoms with van der Waals surface area (Å²) in [6.07, 6.45) is 3.39. The largest absolute Gasteiger partial charge is 0.482 e. The number of hydrogen-bond donors (Lipinski definition) is 0. The Balaban J connectivity index is 1.36. The first-order chi connectivity index (χ1) is 14.0. The summed E-state index contributed by atoms with van der Waals surface area (Å²) in [6, 6.07) is 9.35. The van der Waals surface area contributed by atoms with Crippen LogP contribution in [0.25, 0.3) is 0 Å². The highest BCUT2D eigenvalue weighted by molar-refractivity contribution is 5.81. The average Bonchev–Trinajstić information content (AvgIpc) is 2.77. The van der Waals surface area contributed by atoms with Crippen LogP contribution in [0.4, 0.5) is 5.95 Å². The van der Waals surface area contributed by atoms with Crippen LogP contribution in [0.5, 0.6) is 5.75 Å². The van der Waals surface area contributed by atoms with Gasteiger partial charge in [-0.1, -0.05) is 26.0 Å². The van der Waals surface area contributed by atoms with Gasteiger partial charge in [-0.2, -0.15) is 0 Å².